The lowest BCUT2D eigenvalue weighted by molar-refractivity contribution is -0.140. The monoisotopic (exact) mass is 447 g/mol. The number of methoxy groups -OCH3 is 1. The first-order valence-electron chi connectivity index (χ1n) is 9.45. The molecule has 2 aromatic rings. The van der Waals surface area contributed by atoms with Gasteiger partial charge >= 0.3 is 12.1 Å². The molecular formula is C22H20F3N3O4. The normalized spacial score (nSPS) is 14.3. The summed E-state index contributed by atoms with van der Waals surface area (Å²) < 4.78 is 55.7. The lowest BCUT2D eigenvalue weighted by atomic mass is 9.96. The number of anilines is 1. The van der Waals surface area contributed by atoms with Crippen LogP contribution in [0, 0.1) is 26.2 Å². The van der Waals surface area contributed by atoms with E-state index in [-0.39, 0.29) is 34.6 Å². The quantitative estimate of drug-likeness (QED) is 0.527. The van der Waals surface area contributed by atoms with Gasteiger partial charge in [-0.2, -0.15) is 13.2 Å². The molecule has 0 aliphatic carbocycles. The van der Waals surface area contributed by atoms with Crippen molar-refractivity contribution in [1.82, 2.24) is 9.97 Å². The summed E-state index contributed by atoms with van der Waals surface area (Å²) in [6.07, 6.45) is 2.60. The highest BCUT2D eigenvalue weighted by atomic mass is 19.4. The Morgan fingerprint density at radius 3 is 2.56 bits per heavy atom. The van der Waals surface area contributed by atoms with Crippen molar-refractivity contribution in [3.63, 3.8) is 0 Å². The van der Waals surface area contributed by atoms with E-state index < -0.39 is 30.0 Å². The lowest BCUT2D eigenvalue weighted by Gasteiger charge is -2.23. The fourth-order valence-electron chi connectivity index (χ4n) is 3.33. The molecule has 7 nitrogen and oxygen atoms in total. The zero-order chi connectivity index (χ0) is 23.5. The first-order chi connectivity index (χ1) is 15.2. The maximum absolute atomic E-state index is 13.4. The van der Waals surface area contributed by atoms with Crippen LogP contribution in [0.25, 0.3) is 0 Å². The highest BCUT2D eigenvalue weighted by Crippen LogP contribution is 2.37. The average Bonchev–Trinajstić information content (AvgIpc) is 3.25. The summed E-state index contributed by atoms with van der Waals surface area (Å²) in [4.78, 5) is 20.5. The number of benzene rings is 1. The van der Waals surface area contributed by atoms with Gasteiger partial charge in [-0.15, -0.1) is 6.42 Å². The minimum Gasteiger partial charge on any atom is -0.469 e. The molecule has 1 aromatic heterocycles. The smallest absolute Gasteiger partial charge is 0.416 e. The van der Waals surface area contributed by atoms with Gasteiger partial charge in [0.1, 0.15) is 30.2 Å². The van der Waals surface area contributed by atoms with Gasteiger partial charge in [-0.1, -0.05) is 18.1 Å². The van der Waals surface area contributed by atoms with Crippen molar-refractivity contribution in [2.45, 2.75) is 38.8 Å². The Morgan fingerprint density at radius 1 is 1.28 bits per heavy atom. The molecule has 10 heteroatoms. The molecule has 0 radical (unpaired) electrons. The fourth-order valence-corrected chi connectivity index (χ4v) is 3.33. The Kier molecular flexibility index (Phi) is 6.58. The Bertz CT molecular complexity index is 1090. The van der Waals surface area contributed by atoms with Gasteiger partial charge in [0, 0.05) is 0 Å². The van der Waals surface area contributed by atoms with Crippen molar-refractivity contribution in [2.24, 2.45) is 0 Å². The SMILES string of the molecule is C#C[C@@H](Nc1nc(C)nc(CC(=O)OC)c1C1OC=CO1)c1cccc(C(F)(F)F)c1C. The zero-order valence-electron chi connectivity index (χ0n) is 17.5. The molecule has 168 valence electrons. The zero-order valence-corrected chi connectivity index (χ0v) is 17.5. The Balaban J connectivity index is 2.07. The second-order valence-electron chi connectivity index (χ2n) is 6.87. The molecule has 0 saturated heterocycles. The van der Waals surface area contributed by atoms with Crippen LogP contribution in [-0.2, 0) is 31.6 Å². The number of terminal acetylenes is 1. The summed E-state index contributed by atoms with van der Waals surface area (Å²) in [5.41, 5.74) is 0.0279. The maximum Gasteiger partial charge on any atom is 0.416 e. The van der Waals surface area contributed by atoms with E-state index in [9.17, 15) is 18.0 Å². The van der Waals surface area contributed by atoms with Crippen LogP contribution in [-0.4, -0.2) is 23.0 Å². The largest absolute Gasteiger partial charge is 0.469 e. The van der Waals surface area contributed by atoms with Crippen LogP contribution in [0.15, 0.2) is 30.7 Å². The third-order valence-electron chi connectivity index (χ3n) is 4.81. The van der Waals surface area contributed by atoms with Crippen LogP contribution < -0.4 is 5.32 Å². The summed E-state index contributed by atoms with van der Waals surface area (Å²) in [5, 5.41) is 2.99. The van der Waals surface area contributed by atoms with E-state index in [0.29, 0.717) is 5.82 Å². The van der Waals surface area contributed by atoms with Crippen molar-refractivity contribution in [3.8, 4) is 12.3 Å². The maximum atomic E-state index is 13.4. The van der Waals surface area contributed by atoms with Crippen LogP contribution in [0.5, 0.6) is 0 Å². The molecule has 1 aromatic carbocycles. The molecule has 0 bridgehead atoms. The number of carbonyl (C=O) groups excluding carboxylic acids is 1. The predicted octanol–water partition coefficient (Wildman–Crippen LogP) is 4.13. The van der Waals surface area contributed by atoms with Gasteiger partial charge in [-0.25, -0.2) is 9.97 Å². The summed E-state index contributed by atoms with van der Waals surface area (Å²) >= 11 is 0. The molecule has 1 N–H and O–H groups in total. The molecule has 1 aliphatic heterocycles. The minimum atomic E-state index is -4.53. The summed E-state index contributed by atoms with van der Waals surface area (Å²) in [7, 11) is 1.24. The van der Waals surface area contributed by atoms with Crippen molar-refractivity contribution in [2.75, 3.05) is 12.4 Å². The van der Waals surface area contributed by atoms with E-state index in [0.717, 1.165) is 6.07 Å². The molecule has 3 rings (SSSR count). The van der Waals surface area contributed by atoms with Crippen molar-refractivity contribution < 1.29 is 32.2 Å². The topological polar surface area (TPSA) is 82.6 Å². The number of esters is 1. The van der Waals surface area contributed by atoms with E-state index in [4.69, 9.17) is 20.6 Å². The molecule has 1 aliphatic rings. The number of aryl methyl sites for hydroxylation is 1. The van der Waals surface area contributed by atoms with Gasteiger partial charge in [0.05, 0.1) is 30.4 Å². The van der Waals surface area contributed by atoms with Gasteiger partial charge in [0.15, 0.2) is 0 Å². The fraction of sp³-hybridized carbons (Fsp3) is 0.318. The summed E-state index contributed by atoms with van der Waals surface area (Å²) in [6.45, 7) is 2.96. The number of nitrogens with zero attached hydrogens (tertiary/aromatic N) is 2. The second-order valence-corrected chi connectivity index (χ2v) is 6.87. The van der Waals surface area contributed by atoms with Gasteiger partial charge in [-0.3, -0.25) is 4.79 Å². The van der Waals surface area contributed by atoms with Crippen molar-refractivity contribution in [1.29, 1.82) is 0 Å². The number of carbonyl (C=O) groups is 1. The summed E-state index contributed by atoms with van der Waals surface area (Å²) in [5.74, 6) is 2.39. The molecule has 2 heterocycles. The Hall–Kier alpha value is -3.74. The Labute approximate surface area is 182 Å². The standard InChI is InChI=1S/C22H20F3N3O4/c1-5-16(14-7-6-8-15(12(14)2)22(23,24)25)28-20-19(21-31-9-10-32-21)17(11-18(29)30-4)26-13(3)27-20/h1,6-10,16,21H,11H2,2-4H3,(H,26,27,28)/t16-/m1/s1. The van der Waals surface area contributed by atoms with Crippen LogP contribution in [0.2, 0.25) is 0 Å². The molecule has 0 saturated carbocycles. The number of ether oxygens (including phenoxy) is 3. The van der Waals surface area contributed by atoms with Gasteiger partial charge in [-0.05, 0) is 31.0 Å². The molecule has 0 spiro atoms. The number of alkyl halides is 3. The van der Waals surface area contributed by atoms with Crippen LogP contribution in [0.1, 0.15) is 46.1 Å². The number of halogens is 3. The number of aromatic nitrogens is 2. The van der Waals surface area contributed by atoms with E-state index in [1.54, 1.807) is 6.92 Å². The first-order valence-corrected chi connectivity index (χ1v) is 9.45. The first kappa shape index (κ1) is 22.9. The highest BCUT2D eigenvalue weighted by Gasteiger charge is 2.34. The molecule has 0 amide bonds. The third-order valence-corrected chi connectivity index (χ3v) is 4.81. The third kappa shape index (κ3) is 4.77. The Morgan fingerprint density at radius 2 is 1.97 bits per heavy atom. The molecule has 1 atom stereocenters. The van der Waals surface area contributed by atoms with E-state index in [2.05, 4.69) is 21.2 Å². The van der Waals surface area contributed by atoms with E-state index in [1.165, 1.54) is 38.7 Å². The highest BCUT2D eigenvalue weighted by molar-refractivity contribution is 5.73. The average molecular weight is 447 g/mol. The van der Waals surface area contributed by atoms with Crippen molar-refractivity contribution >= 4 is 11.8 Å². The van der Waals surface area contributed by atoms with Gasteiger partial charge < -0.3 is 19.5 Å². The van der Waals surface area contributed by atoms with Gasteiger partial charge in [0.25, 0.3) is 6.29 Å². The van der Waals surface area contributed by atoms with Crippen molar-refractivity contribution in [3.05, 3.63) is 64.5 Å². The molecule has 0 unspecified atom stereocenters. The number of hydrogen-bond donors (Lipinski definition) is 1. The van der Waals surface area contributed by atoms with E-state index in [1.807, 2.05) is 0 Å². The number of rotatable bonds is 6. The number of nitrogens with one attached hydrogen (secondary N) is 1. The second kappa shape index (κ2) is 9.18. The molecule has 32 heavy (non-hydrogen) atoms. The van der Waals surface area contributed by atoms with Gasteiger partial charge in [0.2, 0.25) is 0 Å². The summed E-state index contributed by atoms with van der Waals surface area (Å²) in [6, 6.07) is 2.83. The predicted molar refractivity (Wildman–Crippen MR) is 108 cm³/mol. The van der Waals surface area contributed by atoms with Crippen LogP contribution >= 0.6 is 0 Å². The van der Waals surface area contributed by atoms with Crippen LogP contribution in [0.3, 0.4) is 0 Å². The minimum absolute atomic E-state index is 0.00686. The number of hydrogen-bond acceptors (Lipinski definition) is 7. The molecule has 0 fully saturated rings. The van der Waals surface area contributed by atoms with E-state index >= 15 is 0 Å². The lowest BCUT2D eigenvalue weighted by Crippen LogP contribution is -2.20. The molecular weight excluding hydrogens is 427 g/mol. The van der Waals surface area contributed by atoms with Crippen LogP contribution in [0.4, 0.5) is 19.0 Å².